The molecule has 1 amide bonds. The van der Waals surface area contributed by atoms with Gasteiger partial charge >= 0.3 is 6.09 Å². The first-order chi connectivity index (χ1) is 8.45. The number of nitrogens with two attached hydrogens (primary N) is 1. The van der Waals surface area contributed by atoms with Crippen LogP contribution in [0.25, 0.3) is 0 Å². The third-order valence-electron chi connectivity index (χ3n) is 2.27. The zero-order valence-corrected chi connectivity index (χ0v) is 11.4. The maximum absolute atomic E-state index is 12.3. The molecule has 0 aliphatic carbocycles. The van der Waals surface area contributed by atoms with E-state index < -0.39 is 15.8 Å². The second-order valence-electron chi connectivity index (χ2n) is 3.93. The molecule has 0 unspecified atom stereocenters. The van der Waals surface area contributed by atoms with Gasteiger partial charge in [-0.2, -0.15) is 0 Å². The highest BCUT2D eigenvalue weighted by Gasteiger charge is 2.10. The maximum atomic E-state index is 12.3. The average molecular weight is 270 g/mol. The molecule has 1 rings (SSSR count). The number of carbonyl (C=O) groups excluding carboxylic acids is 1. The fraction of sp³-hybridized carbons (Fsp3) is 0.417. The van der Waals surface area contributed by atoms with Gasteiger partial charge in [-0.25, -0.2) is 9.00 Å². The highest BCUT2D eigenvalue weighted by atomic mass is 32.2. The summed E-state index contributed by atoms with van der Waals surface area (Å²) in [7, 11) is -2.80. The molecule has 100 valence electrons. The standard InChI is InChI=1S/C12H18N2O3S/c1-3-4-8-17-12(15)14-18(2,16)11-7-5-6-10(13)9-11/h5-7,9H,3-4,8,13H2,1-2H3/t18-/m0/s1. The number of rotatable bonds is 4. The lowest BCUT2D eigenvalue weighted by atomic mass is 10.3. The Labute approximate surface area is 108 Å². The van der Waals surface area contributed by atoms with Gasteiger partial charge in [0.2, 0.25) is 0 Å². The van der Waals surface area contributed by atoms with Crippen molar-refractivity contribution in [2.75, 3.05) is 18.6 Å². The topological polar surface area (TPSA) is 81.8 Å². The van der Waals surface area contributed by atoms with Gasteiger partial charge in [0.15, 0.2) is 0 Å². The van der Waals surface area contributed by atoms with E-state index >= 15 is 0 Å². The Hall–Kier alpha value is -1.56. The molecule has 0 heterocycles. The number of carbonyl (C=O) groups is 1. The van der Waals surface area contributed by atoms with Gasteiger partial charge in [-0.15, -0.1) is 4.36 Å². The molecule has 18 heavy (non-hydrogen) atoms. The highest BCUT2D eigenvalue weighted by molar-refractivity contribution is 7.93. The Morgan fingerprint density at radius 3 is 2.83 bits per heavy atom. The van der Waals surface area contributed by atoms with E-state index in [0.29, 0.717) is 17.2 Å². The second kappa shape index (κ2) is 6.39. The van der Waals surface area contributed by atoms with Crippen LogP contribution in [-0.4, -0.2) is 23.2 Å². The number of nitrogen functional groups attached to an aromatic ring is 1. The first-order valence-electron chi connectivity index (χ1n) is 5.70. The molecule has 1 aromatic rings. The quantitative estimate of drug-likeness (QED) is 0.673. The Bertz CT molecular complexity index is 534. The van der Waals surface area contributed by atoms with E-state index in [4.69, 9.17) is 10.5 Å². The van der Waals surface area contributed by atoms with Gasteiger partial charge in [0.05, 0.1) is 16.3 Å². The summed E-state index contributed by atoms with van der Waals surface area (Å²) in [6.07, 6.45) is 2.29. The van der Waals surface area contributed by atoms with E-state index in [1.165, 1.54) is 6.26 Å². The monoisotopic (exact) mass is 270 g/mol. The molecule has 6 heteroatoms. The smallest absolute Gasteiger partial charge is 0.442 e. The second-order valence-corrected chi connectivity index (χ2v) is 6.19. The van der Waals surface area contributed by atoms with Gasteiger partial charge in [0.1, 0.15) is 0 Å². The Morgan fingerprint density at radius 1 is 1.50 bits per heavy atom. The van der Waals surface area contributed by atoms with Crippen LogP contribution in [0.4, 0.5) is 10.5 Å². The van der Waals surface area contributed by atoms with Crippen LogP contribution in [0.3, 0.4) is 0 Å². The summed E-state index contributed by atoms with van der Waals surface area (Å²) in [5, 5.41) is 0. The number of unbranched alkanes of at least 4 members (excludes halogenated alkanes) is 1. The fourth-order valence-electron chi connectivity index (χ4n) is 1.28. The molecule has 0 saturated heterocycles. The van der Waals surface area contributed by atoms with Gasteiger partial charge in [-0.05, 0) is 24.6 Å². The third kappa shape index (κ3) is 4.37. The largest absolute Gasteiger partial charge is 0.447 e. The lowest BCUT2D eigenvalue weighted by molar-refractivity contribution is 0.156. The lowest BCUT2D eigenvalue weighted by Crippen LogP contribution is -2.06. The van der Waals surface area contributed by atoms with Crippen LogP contribution in [-0.2, 0) is 14.5 Å². The van der Waals surface area contributed by atoms with Crippen LogP contribution in [0.1, 0.15) is 19.8 Å². The van der Waals surface area contributed by atoms with Crippen molar-refractivity contribution >= 4 is 21.5 Å². The van der Waals surface area contributed by atoms with Crippen LogP contribution in [0.2, 0.25) is 0 Å². The van der Waals surface area contributed by atoms with Crippen molar-refractivity contribution < 1.29 is 13.7 Å². The number of amides is 1. The normalized spacial score (nSPS) is 13.7. The Kier molecular flexibility index (Phi) is 5.15. The lowest BCUT2D eigenvalue weighted by Gasteiger charge is -2.05. The molecule has 2 N–H and O–H groups in total. The van der Waals surface area contributed by atoms with Gasteiger partial charge in [-0.1, -0.05) is 19.4 Å². The zero-order valence-electron chi connectivity index (χ0n) is 10.6. The van der Waals surface area contributed by atoms with Crippen LogP contribution >= 0.6 is 0 Å². The summed E-state index contributed by atoms with van der Waals surface area (Å²) in [6.45, 7) is 2.28. The number of hydrogen-bond acceptors (Lipinski definition) is 4. The predicted molar refractivity (Wildman–Crippen MR) is 71.9 cm³/mol. The number of hydrogen-bond donors (Lipinski definition) is 1. The van der Waals surface area contributed by atoms with E-state index in [2.05, 4.69) is 4.36 Å². The summed E-state index contributed by atoms with van der Waals surface area (Å²) in [6, 6.07) is 6.52. The summed E-state index contributed by atoms with van der Waals surface area (Å²) in [5.74, 6) is 0. The van der Waals surface area contributed by atoms with Crippen molar-refractivity contribution in [2.24, 2.45) is 4.36 Å². The molecule has 1 atom stereocenters. The first kappa shape index (κ1) is 14.5. The highest BCUT2D eigenvalue weighted by Crippen LogP contribution is 2.15. The summed E-state index contributed by atoms with van der Waals surface area (Å²) < 4.78 is 20.7. The van der Waals surface area contributed by atoms with Gasteiger partial charge in [0.25, 0.3) is 0 Å². The van der Waals surface area contributed by atoms with Crippen molar-refractivity contribution in [2.45, 2.75) is 24.7 Å². The van der Waals surface area contributed by atoms with Crippen molar-refractivity contribution in [1.82, 2.24) is 0 Å². The van der Waals surface area contributed by atoms with E-state index in [9.17, 15) is 9.00 Å². The van der Waals surface area contributed by atoms with Crippen molar-refractivity contribution in [3.05, 3.63) is 24.3 Å². The minimum absolute atomic E-state index is 0.297. The van der Waals surface area contributed by atoms with Crippen LogP contribution in [0, 0.1) is 0 Å². The van der Waals surface area contributed by atoms with Gasteiger partial charge in [0, 0.05) is 16.8 Å². The maximum Gasteiger partial charge on any atom is 0.442 e. The summed E-state index contributed by atoms with van der Waals surface area (Å²) in [4.78, 5) is 11.8. The number of benzene rings is 1. The minimum atomic E-state index is -2.80. The summed E-state index contributed by atoms with van der Waals surface area (Å²) >= 11 is 0. The molecule has 0 bridgehead atoms. The van der Waals surface area contributed by atoms with Crippen molar-refractivity contribution in [3.8, 4) is 0 Å². The predicted octanol–water partition coefficient (Wildman–Crippen LogP) is 2.66. The minimum Gasteiger partial charge on any atom is -0.447 e. The van der Waals surface area contributed by atoms with E-state index in [1.54, 1.807) is 24.3 Å². The third-order valence-corrected chi connectivity index (χ3v) is 3.89. The van der Waals surface area contributed by atoms with E-state index in [0.717, 1.165) is 12.8 Å². The SMILES string of the molecule is CCCCOC(=O)N=[S@@](C)(=O)c1cccc(N)c1. The van der Waals surface area contributed by atoms with Gasteiger partial charge < -0.3 is 10.5 Å². The molecule has 0 aliphatic heterocycles. The number of nitrogens with zero attached hydrogens (tertiary/aromatic N) is 1. The molecule has 0 aromatic heterocycles. The first-order valence-corrected chi connectivity index (χ1v) is 7.62. The van der Waals surface area contributed by atoms with E-state index in [1.807, 2.05) is 6.92 Å². The zero-order chi connectivity index (χ0) is 13.6. The molecular formula is C12H18N2O3S. The molecular weight excluding hydrogens is 252 g/mol. The van der Waals surface area contributed by atoms with Crippen LogP contribution < -0.4 is 5.73 Å². The Morgan fingerprint density at radius 2 is 2.22 bits per heavy atom. The van der Waals surface area contributed by atoms with Crippen molar-refractivity contribution in [1.29, 1.82) is 0 Å². The molecule has 5 nitrogen and oxygen atoms in total. The number of anilines is 1. The van der Waals surface area contributed by atoms with Crippen LogP contribution in [0.5, 0.6) is 0 Å². The molecule has 0 fully saturated rings. The van der Waals surface area contributed by atoms with Gasteiger partial charge in [-0.3, -0.25) is 0 Å². The number of ether oxygens (including phenoxy) is 1. The molecule has 1 aromatic carbocycles. The fourth-order valence-corrected chi connectivity index (χ4v) is 2.40. The van der Waals surface area contributed by atoms with E-state index in [-0.39, 0.29) is 0 Å². The average Bonchev–Trinajstić information content (AvgIpc) is 2.28. The Balaban J connectivity index is 2.85. The summed E-state index contributed by atoms with van der Waals surface area (Å²) in [5.41, 5.74) is 6.08. The molecule has 0 saturated carbocycles. The van der Waals surface area contributed by atoms with Crippen molar-refractivity contribution in [3.63, 3.8) is 0 Å². The molecule has 0 radical (unpaired) electrons. The molecule has 0 aliphatic rings. The molecule has 0 spiro atoms. The van der Waals surface area contributed by atoms with Crippen LogP contribution in [0.15, 0.2) is 33.5 Å².